The zero-order valence-corrected chi connectivity index (χ0v) is 11.3. The third-order valence-electron chi connectivity index (χ3n) is 3.13. The van der Waals surface area contributed by atoms with Gasteiger partial charge >= 0.3 is 0 Å². The Morgan fingerprint density at radius 3 is 3.00 bits per heavy atom. The molecule has 1 fully saturated rings. The summed E-state index contributed by atoms with van der Waals surface area (Å²) < 4.78 is 5.79. The molecule has 94 valence electrons. The van der Waals surface area contributed by atoms with E-state index in [2.05, 4.69) is 38.1 Å². The summed E-state index contributed by atoms with van der Waals surface area (Å²) in [5, 5.41) is 3.29. The van der Waals surface area contributed by atoms with Crippen molar-refractivity contribution in [1.82, 2.24) is 9.97 Å². The molecule has 2 rings (SSSR count). The van der Waals surface area contributed by atoms with Crippen molar-refractivity contribution in [3.05, 3.63) is 21.2 Å². The van der Waals surface area contributed by atoms with E-state index in [0.717, 1.165) is 26.1 Å². The first-order valence-electron chi connectivity index (χ1n) is 5.76. The molecular formula is C11H16BrN3O2. The molecule has 0 aromatic carbocycles. The van der Waals surface area contributed by atoms with Crippen molar-refractivity contribution in [2.24, 2.45) is 5.92 Å². The highest BCUT2D eigenvalue weighted by molar-refractivity contribution is 9.10. The molecule has 2 heterocycles. The van der Waals surface area contributed by atoms with Gasteiger partial charge in [-0.1, -0.05) is 0 Å². The Labute approximate surface area is 108 Å². The summed E-state index contributed by atoms with van der Waals surface area (Å²) in [6.07, 6.45) is 3.51. The largest absolute Gasteiger partial charge is 0.381 e. The summed E-state index contributed by atoms with van der Waals surface area (Å²) in [4.78, 5) is 18.0. The Kier molecular flexibility index (Phi) is 4.17. The summed E-state index contributed by atoms with van der Waals surface area (Å²) in [6, 6.07) is 0.282. The molecule has 1 unspecified atom stereocenters. The van der Waals surface area contributed by atoms with Crippen LogP contribution in [0.1, 0.15) is 19.8 Å². The van der Waals surface area contributed by atoms with Gasteiger partial charge in [0.2, 0.25) is 0 Å². The molecule has 0 amide bonds. The summed E-state index contributed by atoms with van der Waals surface area (Å²) in [5.41, 5.74) is -0.165. The van der Waals surface area contributed by atoms with Gasteiger partial charge in [0.25, 0.3) is 5.56 Å². The van der Waals surface area contributed by atoms with E-state index < -0.39 is 0 Å². The van der Waals surface area contributed by atoms with Crippen LogP contribution in [0.2, 0.25) is 0 Å². The maximum Gasteiger partial charge on any atom is 0.267 e. The van der Waals surface area contributed by atoms with Crippen molar-refractivity contribution in [3.8, 4) is 0 Å². The fourth-order valence-corrected chi connectivity index (χ4v) is 2.36. The van der Waals surface area contributed by atoms with Crippen LogP contribution < -0.4 is 10.9 Å². The van der Waals surface area contributed by atoms with E-state index in [4.69, 9.17) is 4.74 Å². The fourth-order valence-electron chi connectivity index (χ4n) is 2.03. The SMILES string of the molecule is CC(Nc1nc[nH]c(=O)c1Br)C1CCOCC1. The molecular weight excluding hydrogens is 286 g/mol. The van der Waals surface area contributed by atoms with E-state index in [0.29, 0.717) is 16.2 Å². The van der Waals surface area contributed by atoms with Crippen molar-refractivity contribution in [2.45, 2.75) is 25.8 Å². The molecule has 0 radical (unpaired) electrons. The van der Waals surface area contributed by atoms with Crippen LogP contribution in [0.4, 0.5) is 5.82 Å². The Bertz CT molecular complexity index is 429. The standard InChI is InChI=1S/C11H16BrN3O2/c1-7(8-2-4-17-5-3-8)15-10-9(12)11(16)14-6-13-10/h6-8H,2-5H2,1H3,(H2,13,14,15,16). The van der Waals surface area contributed by atoms with Crippen LogP contribution in [-0.4, -0.2) is 29.2 Å². The first-order valence-corrected chi connectivity index (χ1v) is 6.55. The number of halogens is 1. The van der Waals surface area contributed by atoms with Crippen LogP contribution in [0.5, 0.6) is 0 Å². The summed E-state index contributed by atoms with van der Waals surface area (Å²) in [6.45, 7) is 3.76. The lowest BCUT2D eigenvalue weighted by Gasteiger charge is -2.28. The van der Waals surface area contributed by atoms with Gasteiger partial charge < -0.3 is 15.0 Å². The summed E-state index contributed by atoms with van der Waals surface area (Å²) in [7, 11) is 0. The van der Waals surface area contributed by atoms with Crippen LogP contribution in [-0.2, 0) is 4.74 Å². The predicted molar refractivity (Wildman–Crippen MR) is 69.2 cm³/mol. The Balaban J connectivity index is 2.04. The molecule has 0 aliphatic carbocycles. The number of nitrogens with zero attached hydrogens (tertiary/aromatic N) is 1. The van der Waals surface area contributed by atoms with E-state index in [1.165, 1.54) is 6.33 Å². The maximum atomic E-state index is 11.4. The number of ether oxygens (including phenoxy) is 1. The lowest BCUT2D eigenvalue weighted by atomic mass is 9.93. The van der Waals surface area contributed by atoms with Crippen LogP contribution in [0.15, 0.2) is 15.6 Å². The average Bonchev–Trinajstić information content (AvgIpc) is 2.36. The molecule has 1 aromatic rings. The minimum atomic E-state index is -0.165. The molecule has 0 saturated carbocycles. The number of aromatic nitrogens is 2. The monoisotopic (exact) mass is 301 g/mol. The van der Waals surface area contributed by atoms with Gasteiger partial charge in [-0.25, -0.2) is 4.98 Å². The number of aromatic amines is 1. The normalized spacial score (nSPS) is 18.9. The average molecular weight is 302 g/mol. The van der Waals surface area contributed by atoms with Crippen LogP contribution in [0.25, 0.3) is 0 Å². The van der Waals surface area contributed by atoms with Gasteiger partial charge in [0, 0.05) is 19.3 Å². The minimum Gasteiger partial charge on any atom is -0.381 e. The number of anilines is 1. The van der Waals surface area contributed by atoms with E-state index in [1.807, 2.05) is 0 Å². The topological polar surface area (TPSA) is 67.0 Å². The minimum absolute atomic E-state index is 0.165. The number of hydrogen-bond donors (Lipinski definition) is 2. The second-order valence-corrected chi connectivity index (χ2v) is 5.07. The predicted octanol–water partition coefficient (Wildman–Crippen LogP) is 1.76. The maximum absolute atomic E-state index is 11.4. The second kappa shape index (κ2) is 5.64. The third kappa shape index (κ3) is 3.07. The molecule has 1 saturated heterocycles. The fraction of sp³-hybridized carbons (Fsp3) is 0.636. The number of hydrogen-bond acceptors (Lipinski definition) is 4. The van der Waals surface area contributed by atoms with Crippen LogP contribution in [0.3, 0.4) is 0 Å². The lowest BCUT2D eigenvalue weighted by Crippen LogP contribution is -2.32. The van der Waals surface area contributed by atoms with E-state index in [-0.39, 0.29) is 11.6 Å². The van der Waals surface area contributed by atoms with Crippen molar-refractivity contribution in [2.75, 3.05) is 18.5 Å². The number of nitrogens with one attached hydrogen (secondary N) is 2. The van der Waals surface area contributed by atoms with Gasteiger partial charge in [0.15, 0.2) is 0 Å². The van der Waals surface area contributed by atoms with Crippen molar-refractivity contribution < 1.29 is 4.74 Å². The van der Waals surface area contributed by atoms with Gasteiger partial charge in [-0.2, -0.15) is 0 Å². The molecule has 6 heteroatoms. The molecule has 1 atom stereocenters. The molecule has 1 aliphatic heterocycles. The van der Waals surface area contributed by atoms with E-state index >= 15 is 0 Å². The van der Waals surface area contributed by atoms with Crippen LogP contribution in [0, 0.1) is 5.92 Å². The van der Waals surface area contributed by atoms with E-state index in [9.17, 15) is 4.79 Å². The molecule has 1 aliphatic rings. The summed E-state index contributed by atoms with van der Waals surface area (Å²) in [5.74, 6) is 1.17. The molecule has 1 aromatic heterocycles. The van der Waals surface area contributed by atoms with Crippen molar-refractivity contribution in [3.63, 3.8) is 0 Å². The summed E-state index contributed by atoms with van der Waals surface area (Å²) >= 11 is 3.24. The van der Waals surface area contributed by atoms with Gasteiger partial charge in [0.1, 0.15) is 10.3 Å². The van der Waals surface area contributed by atoms with Gasteiger partial charge in [-0.15, -0.1) is 0 Å². The third-order valence-corrected chi connectivity index (χ3v) is 3.87. The van der Waals surface area contributed by atoms with Crippen LogP contribution >= 0.6 is 15.9 Å². The quantitative estimate of drug-likeness (QED) is 0.893. The smallest absolute Gasteiger partial charge is 0.267 e. The first-order chi connectivity index (χ1) is 8.18. The highest BCUT2D eigenvalue weighted by Gasteiger charge is 2.21. The lowest BCUT2D eigenvalue weighted by molar-refractivity contribution is 0.0622. The van der Waals surface area contributed by atoms with Crippen molar-refractivity contribution >= 4 is 21.7 Å². The molecule has 2 N–H and O–H groups in total. The van der Waals surface area contributed by atoms with Crippen molar-refractivity contribution in [1.29, 1.82) is 0 Å². The van der Waals surface area contributed by atoms with Gasteiger partial charge in [-0.3, -0.25) is 4.79 Å². The second-order valence-electron chi connectivity index (χ2n) is 4.28. The van der Waals surface area contributed by atoms with Gasteiger partial charge in [-0.05, 0) is 41.6 Å². The Morgan fingerprint density at radius 1 is 1.59 bits per heavy atom. The highest BCUT2D eigenvalue weighted by atomic mass is 79.9. The number of rotatable bonds is 3. The zero-order valence-electron chi connectivity index (χ0n) is 9.70. The molecule has 17 heavy (non-hydrogen) atoms. The molecule has 0 spiro atoms. The molecule has 5 nitrogen and oxygen atoms in total. The molecule has 0 bridgehead atoms. The van der Waals surface area contributed by atoms with Gasteiger partial charge in [0.05, 0.1) is 6.33 Å². The Morgan fingerprint density at radius 2 is 2.29 bits per heavy atom. The van der Waals surface area contributed by atoms with E-state index in [1.54, 1.807) is 0 Å². The Hall–Kier alpha value is -0.880. The first kappa shape index (κ1) is 12.6. The number of H-pyrrole nitrogens is 1. The zero-order chi connectivity index (χ0) is 12.3. The highest BCUT2D eigenvalue weighted by Crippen LogP contribution is 2.22.